The summed E-state index contributed by atoms with van der Waals surface area (Å²) in [7, 11) is 0. The van der Waals surface area contributed by atoms with Gasteiger partial charge in [0.1, 0.15) is 11.6 Å². The average Bonchev–Trinajstić information content (AvgIpc) is 3.06. The Balaban J connectivity index is 1.50. The largest absolute Gasteiger partial charge is 0.349 e. The molecule has 1 amide bonds. The maximum atomic E-state index is 13.3. The molecule has 0 spiro atoms. The fraction of sp³-hybridized carbons (Fsp3) is 0.400. The van der Waals surface area contributed by atoms with E-state index in [-0.39, 0.29) is 17.8 Å². The van der Waals surface area contributed by atoms with Crippen LogP contribution < -0.4 is 5.32 Å². The van der Waals surface area contributed by atoms with Crippen LogP contribution in [0.3, 0.4) is 0 Å². The first-order valence-electron chi connectivity index (χ1n) is 7.21. The molecule has 1 aliphatic carbocycles. The Morgan fingerprint density at radius 2 is 2.41 bits per heavy atom. The lowest BCUT2D eigenvalue weighted by molar-refractivity contribution is -0.121. The molecule has 1 aromatic heterocycles. The molecule has 0 fully saturated rings. The minimum atomic E-state index is -0.254. The van der Waals surface area contributed by atoms with Crippen molar-refractivity contribution in [2.75, 3.05) is 5.75 Å². The fourth-order valence-corrected chi connectivity index (χ4v) is 3.39. The number of nitrogens with one attached hydrogen (secondary N) is 2. The van der Waals surface area contributed by atoms with E-state index in [1.54, 1.807) is 6.07 Å². The van der Waals surface area contributed by atoms with Crippen molar-refractivity contribution in [3.63, 3.8) is 0 Å². The van der Waals surface area contributed by atoms with Gasteiger partial charge in [0.25, 0.3) is 0 Å². The van der Waals surface area contributed by atoms with Crippen LogP contribution in [-0.4, -0.2) is 26.8 Å². The Bertz CT molecular complexity index is 688. The number of nitrogens with zero attached hydrogens (tertiary/aromatic N) is 2. The number of hydrogen-bond donors (Lipinski definition) is 2. The first kappa shape index (κ1) is 15.0. The molecule has 1 aromatic carbocycles. The maximum absolute atomic E-state index is 13.3. The van der Waals surface area contributed by atoms with Gasteiger partial charge in [-0.15, -0.1) is 5.10 Å². The third-order valence-corrected chi connectivity index (χ3v) is 4.51. The molecule has 7 heteroatoms. The van der Waals surface area contributed by atoms with E-state index in [0.717, 1.165) is 29.8 Å². The van der Waals surface area contributed by atoms with Gasteiger partial charge in [-0.2, -0.15) is 0 Å². The third-order valence-electron chi connectivity index (χ3n) is 3.66. The molecule has 22 heavy (non-hydrogen) atoms. The van der Waals surface area contributed by atoms with E-state index in [9.17, 15) is 9.18 Å². The molecule has 1 heterocycles. The van der Waals surface area contributed by atoms with Gasteiger partial charge < -0.3 is 5.32 Å². The number of fused-ring (bicyclic) bond motifs is 1. The zero-order valence-corrected chi connectivity index (χ0v) is 13.0. The second-order valence-corrected chi connectivity index (χ2v) is 6.37. The highest BCUT2D eigenvalue weighted by molar-refractivity contribution is 7.99. The number of aromatic amines is 1. The summed E-state index contributed by atoms with van der Waals surface area (Å²) in [5.41, 5.74) is 2.03. The monoisotopic (exact) mass is 320 g/mol. The number of H-pyrrole nitrogens is 1. The molecule has 0 saturated carbocycles. The molecule has 0 radical (unpaired) electrons. The first-order chi connectivity index (χ1) is 10.6. The van der Waals surface area contributed by atoms with Crippen LogP contribution in [0.2, 0.25) is 0 Å². The highest BCUT2D eigenvalue weighted by Gasteiger charge is 2.24. The lowest BCUT2D eigenvalue weighted by atomic mass is 10.1. The van der Waals surface area contributed by atoms with Gasteiger partial charge in [-0.3, -0.25) is 9.89 Å². The van der Waals surface area contributed by atoms with E-state index in [2.05, 4.69) is 20.5 Å². The predicted octanol–water partition coefficient (Wildman–Crippen LogP) is 2.54. The number of aromatic nitrogens is 3. The van der Waals surface area contributed by atoms with Crippen molar-refractivity contribution in [3.8, 4) is 0 Å². The standard InChI is InChI=1S/C15H17FN4OS/c1-9-17-15(20-19-9)22-7-6-14(21)18-13-5-3-10-2-4-11(16)8-12(10)13/h2,4,8,13H,3,5-7H2,1H3,(H,18,21)(H,17,19,20)/t13-/m0/s1. The Labute approximate surface area is 132 Å². The molecular weight excluding hydrogens is 303 g/mol. The van der Waals surface area contributed by atoms with Crippen molar-refractivity contribution in [1.82, 2.24) is 20.5 Å². The van der Waals surface area contributed by atoms with Crippen molar-refractivity contribution in [1.29, 1.82) is 0 Å². The maximum Gasteiger partial charge on any atom is 0.221 e. The molecule has 116 valence electrons. The van der Waals surface area contributed by atoms with Crippen molar-refractivity contribution >= 4 is 17.7 Å². The number of carbonyl (C=O) groups is 1. The van der Waals surface area contributed by atoms with E-state index in [0.29, 0.717) is 17.3 Å². The summed E-state index contributed by atoms with van der Waals surface area (Å²) in [6.07, 6.45) is 2.10. The summed E-state index contributed by atoms with van der Waals surface area (Å²) in [5, 5.41) is 10.4. The van der Waals surface area contributed by atoms with Crippen LogP contribution in [0.1, 0.15) is 35.8 Å². The van der Waals surface area contributed by atoms with Crippen molar-refractivity contribution in [2.45, 2.75) is 37.4 Å². The smallest absolute Gasteiger partial charge is 0.221 e. The first-order valence-corrected chi connectivity index (χ1v) is 8.20. The van der Waals surface area contributed by atoms with Crippen LogP contribution >= 0.6 is 11.8 Å². The summed E-state index contributed by atoms with van der Waals surface area (Å²) in [6.45, 7) is 1.83. The summed E-state index contributed by atoms with van der Waals surface area (Å²) < 4.78 is 13.3. The molecule has 2 aromatic rings. The molecule has 2 N–H and O–H groups in total. The number of hydrogen-bond acceptors (Lipinski definition) is 4. The summed E-state index contributed by atoms with van der Waals surface area (Å²) >= 11 is 1.44. The quantitative estimate of drug-likeness (QED) is 0.831. The van der Waals surface area contributed by atoms with Crippen molar-refractivity contribution in [2.24, 2.45) is 0 Å². The summed E-state index contributed by atoms with van der Waals surface area (Å²) in [5.74, 6) is 1.10. The lowest BCUT2D eigenvalue weighted by Gasteiger charge is -2.14. The number of carbonyl (C=O) groups excluding carboxylic acids is 1. The molecule has 1 atom stereocenters. The second kappa shape index (κ2) is 6.48. The van der Waals surface area contributed by atoms with Gasteiger partial charge >= 0.3 is 0 Å². The Morgan fingerprint density at radius 3 is 3.18 bits per heavy atom. The number of halogens is 1. The topological polar surface area (TPSA) is 70.7 Å². The van der Waals surface area contributed by atoms with Gasteiger partial charge in [0.05, 0.1) is 6.04 Å². The van der Waals surface area contributed by atoms with Crippen LogP contribution in [0.25, 0.3) is 0 Å². The number of aryl methyl sites for hydroxylation is 2. The molecule has 0 unspecified atom stereocenters. The van der Waals surface area contributed by atoms with Crippen LogP contribution in [0.5, 0.6) is 0 Å². The van der Waals surface area contributed by atoms with E-state index >= 15 is 0 Å². The minimum Gasteiger partial charge on any atom is -0.349 e. The van der Waals surface area contributed by atoms with Crippen LogP contribution in [-0.2, 0) is 11.2 Å². The minimum absolute atomic E-state index is 0.0260. The van der Waals surface area contributed by atoms with Crippen LogP contribution in [0.15, 0.2) is 23.4 Å². The third kappa shape index (κ3) is 3.47. The molecule has 3 rings (SSSR count). The van der Waals surface area contributed by atoms with Gasteiger partial charge in [0.15, 0.2) is 0 Å². The van der Waals surface area contributed by atoms with Gasteiger partial charge in [-0.1, -0.05) is 17.8 Å². The summed E-state index contributed by atoms with van der Waals surface area (Å²) in [6, 6.07) is 4.73. The molecule has 1 aliphatic rings. The number of thioether (sulfide) groups is 1. The van der Waals surface area contributed by atoms with Crippen LogP contribution in [0, 0.1) is 12.7 Å². The molecule has 0 bridgehead atoms. The van der Waals surface area contributed by atoms with Crippen LogP contribution in [0.4, 0.5) is 4.39 Å². The Hall–Kier alpha value is -1.89. The number of benzene rings is 1. The predicted molar refractivity (Wildman–Crippen MR) is 82.1 cm³/mol. The van der Waals surface area contributed by atoms with E-state index in [1.807, 2.05) is 6.92 Å². The molecule has 0 aliphatic heterocycles. The molecule has 0 saturated heterocycles. The normalized spacial score (nSPS) is 16.5. The fourth-order valence-electron chi connectivity index (χ4n) is 2.61. The Morgan fingerprint density at radius 1 is 1.55 bits per heavy atom. The summed E-state index contributed by atoms with van der Waals surface area (Å²) in [4.78, 5) is 16.2. The van der Waals surface area contributed by atoms with Gasteiger partial charge in [0, 0.05) is 12.2 Å². The van der Waals surface area contributed by atoms with Gasteiger partial charge in [-0.05, 0) is 43.0 Å². The second-order valence-electron chi connectivity index (χ2n) is 5.30. The highest BCUT2D eigenvalue weighted by atomic mass is 32.2. The zero-order chi connectivity index (χ0) is 15.5. The average molecular weight is 320 g/mol. The highest BCUT2D eigenvalue weighted by Crippen LogP contribution is 2.31. The lowest BCUT2D eigenvalue weighted by Crippen LogP contribution is -2.27. The van der Waals surface area contributed by atoms with E-state index < -0.39 is 0 Å². The number of amides is 1. The van der Waals surface area contributed by atoms with Crippen molar-refractivity contribution in [3.05, 3.63) is 41.0 Å². The molecular formula is C15H17FN4OS. The SMILES string of the molecule is Cc1nc(SCCC(=O)N[C@H]2CCc3ccc(F)cc32)n[nH]1. The Kier molecular flexibility index (Phi) is 4.42. The molecule has 5 nitrogen and oxygen atoms in total. The zero-order valence-electron chi connectivity index (χ0n) is 12.2. The van der Waals surface area contributed by atoms with E-state index in [1.165, 1.54) is 23.9 Å². The van der Waals surface area contributed by atoms with Gasteiger partial charge in [0.2, 0.25) is 11.1 Å². The van der Waals surface area contributed by atoms with Crippen molar-refractivity contribution < 1.29 is 9.18 Å². The van der Waals surface area contributed by atoms with Gasteiger partial charge in [-0.25, -0.2) is 9.37 Å². The number of rotatable bonds is 5. The van der Waals surface area contributed by atoms with E-state index in [4.69, 9.17) is 0 Å².